The number of methoxy groups -OCH3 is 1. The summed E-state index contributed by atoms with van der Waals surface area (Å²) in [7, 11) is 0.536. The molecule has 34 heavy (non-hydrogen) atoms. The van der Waals surface area contributed by atoms with Gasteiger partial charge in [-0.1, -0.05) is 31.8 Å². The molecule has 0 aliphatic rings. The zero-order valence-electron chi connectivity index (χ0n) is 19.3. The van der Waals surface area contributed by atoms with E-state index in [1.165, 1.54) is 14.2 Å². The second-order valence-electron chi connectivity index (χ2n) is 8.70. The third kappa shape index (κ3) is 5.25. The summed E-state index contributed by atoms with van der Waals surface area (Å²) >= 11 is 0. The van der Waals surface area contributed by atoms with E-state index in [0.717, 1.165) is 23.1 Å². The van der Waals surface area contributed by atoms with Crippen LogP contribution >= 0.6 is 0 Å². The number of amides is 2. The standard InChI is InChI=1S/C23H25F2N3O5Si/c1-28(23(31)18-12-19(29)27-33-18)20(13-6-8-15(32-2)9-7-13)22(30)26-14-10-16(24)21(17(25)11-14)34(3,4)5/h6-12,20H,1-5H3,(H,26,30)(H,27,29). The van der Waals surface area contributed by atoms with Crippen LogP contribution in [0.25, 0.3) is 0 Å². The second-order valence-corrected chi connectivity index (χ2v) is 13.7. The number of hydrogen-bond acceptors (Lipinski definition) is 6. The Balaban J connectivity index is 1.97. The maximum Gasteiger partial charge on any atom is 0.293 e. The number of ether oxygens (including phenoxy) is 1. The van der Waals surface area contributed by atoms with E-state index in [4.69, 9.17) is 9.26 Å². The normalized spacial score (nSPS) is 12.2. The van der Waals surface area contributed by atoms with E-state index in [-0.39, 0.29) is 16.6 Å². The molecule has 1 aromatic heterocycles. The van der Waals surface area contributed by atoms with E-state index in [1.807, 2.05) is 19.6 Å². The number of anilines is 1. The van der Waals surface area contributed by atoms with Crippen molar-refractivity contribution in [2.24, 2.45) is 0 Å². The number of aromatic nitrogens is 1. The zero-order chi connectivity index (χ0) is 25.2. The van der Waals surface area contributed by atoms with Gasteiger partial charge in [-0.05, 0) is 35.0 Å². The van der Waals surface area contributed by atoms with Crippen LogP contribution in [0.3, 0.4) is 0 Å². The smallest absolute Gasteiger partial charge is 0.293 e. The number of nitrogens with one attached hydrogen (secondary N) is 1. The fraction of sp³-hybridized carbons (Fsp3) is 0.261. The maximum atomic E-state index is 14.7. The second kappa shape index (κ2) is 9.63. The van der Waals surface area contributed by atoms with Gasteiger partial charge < -0.3 is 24.6 Å². The first-order valence-corrected chi connectivity index (χ1v) is 13.8. The van der Waals surface area contributed by atoms with Crippen LogP contribution in [0, 0.1) is 11.6 Å². The van der Waals surface area contributed by atoms with Gasteiger partial charge in [-0.25, -0.2) is 8.78 Å². The lowest BCUT2D eigenvalue weighted by molar-refractivity contribution is -0.120. The molecule has 3 rings (SSSR count). The molecule has 0 spiro atoms. The minimum absolute atomic E-state index is 0.0367. The predicted molar refractivity (Wildman–Crippen MR) is 124 cm³/mol. The molecule has 180 valence electrons. The number of aromatic hydroxyl groups is 1. The predicted octanol–water partition coefficient (Wildman–Crippen LogP) is 3.66. The average Bonchev–Trinajstić information content (AvgIpc) is 3.18. The summed E-state index contributed by atoms with van der Waals surface area (Å²) in [6.45, 7) is 5.44. The van der Waals surface area contributed by atoms with E-state index < -0.39 is 43.4 Å². The number of carbonyl (C=O) groups is 2. The summed E-state index contributed by atoms with van der Waals surface area (Å²) in [4.78, 5) is 27.2. The molecule has 2 amide bonds. The van der Waals surface area contributed by atoms with Crippen LogP contribution in [0.4, 0.5) is 14.5 Å². The first-order chi connectivity index (χ1) is 15.9. The number of halogens is 2. The Hall–Kier alpha value is -3.73. The van der Waals surface area contributed by atoms with Crippen LogP contribution in [0.15, 0.2) is 47.0 Å². The Morgan fingerprint density at radius 3 is 2.18 bits per heavy atom. The molecule has 0 saturated carbocycles. The minimum atomic E-state index is -2.30. The van der Waals surface area contributed by atoms with Crippen LogP contribution in [0.1, 0.15) is 22.2 Å². The molecule has 1 heterocycles. The first-order valence-electron chi connectivity index (χ1n) is 10.3. The van der Waals surface area contributed by atoms with Crippen LogP contribution in [-0.4, -0.2) is 49.2 Å². The Morgan fingerprint density at radius 2 is 1.71 bits per heavy atom. The summed E-state index contributed by atoms with van der Waals surface area (Å²) in [5.74, 6) is -3.18. The lowest BCUT2D eigenvalue weighted by Crippen LogP contribution is -2.42. The van der Waals surface area contributed by atoms with Gasteiger partial charge in [0, 0.05) is 17.9 Å². The van der Waals surface area contributed by atoms with Crippen molar-refractivity contribution >= 4 is 30.8 Å². The molecule has 1 atom stereocenters. The summed E-state index contributed by atoms with van der Waals surface area (Å²) in [6.07, 6.45) is 0. The van der Waals surface area contributed by atoms with Gasteiger partial charge in [0.2, 0.25) is 5.76 Å². The van der Waals surface area contributed by atoms with Gasteiger partial charge in [0.1, 0.15) is 23.4 Å². The van der Waals surface area contributed by atoms with Gasteiger partial charge >= 0.3 is 0 Å². The largest absolute Gasteiger partial charge is 0.497 e. The van der Waals surface area contributed by atoms with Gasteiger partial charge in [0.15, 0.2) is 0 Å². The van der Waals surface area contributed by atoms with E-state index in [0.29, 0.717) is 11.3 Å². The van der Waals surface area contributed by atoms with E-state index in [9.17, 15) is 23.5 Å². The van der Waals surface area contributed by atoms with Crippen LogP contribution < -0.4 is 15.2 Å². The number of nitrogens with zero attached hydrogens (tertiary/aromatic N) is 2. The molecular weight excluding hydrogens is 464 g/mol. The fourth-order valence-electron chi connectivity index (χ4n) is 3.57. The highest BCUT2D eigenvalue weighted by Crippen LogP contribution is 2.27. The summed E-state index contributed by atoms with van der Waals surface area (Å²) in [5, 5.41) is 15.2. The van der Waals surface area contributed by atoms with Crippen LogP contribution in [-0.2, 0) is 4.79 Å². The van der Waals surface area contributed by atoms with E-state index >= 15 is 0 Å². The summed E-state index contributed by atoms with van der Waals surface area (Å²) in [6, 6.07) is 8.31. The highest BCUT2D eigenvalue weighted by Gasteiger charge is 2.32. The molecule has 0 aliphatic heterocycles. The molecule has 1 unspecified atom stereocenters. The molecule has 0 bridgehead atoms. The van der Waals surface area contributed by atoms with Crippen molar-refractivity contribution in [1.82, 2.24) is 10.1 Å². The van der Waals surface area contributed by atoms with Crippen molar-refractivity contribution in [1.29, 1.82) is 0 Å². The van der Waals surface area contributed by atoms with Crippen LogP contribution in [0.5, 0.6) is 11.6 Å². The lowest BCUT2D eigenvalue weighted by Gasteiger charge is -2.27. The van der Waals surface area contributed by atoms with Crippen molar-refractivity contribution in [3.8, 4) is 11.6 Å². The maximum absolute atomic E-state index is 14.7. The molecule has 0 fully saturated rings. The van der Waals surface area contributed by atoms with Crippen molar-refractivity contribution < 1.29 is 32.7 Å². The lowest BCUT2D eigenvalue weighted by atomic mass is 10.0. The Labute approximate surface area is 196 Å². The van der Waals surface area contributed by atoms with Gasteiger partial charge in [-0.15, -0.1) is 0 Å². The fourth-order valence-corrected chi connectivity index (χ4v) is 5.14. The Bertz CT molecular complexity index is 1190. The van der Waals surface area contributed by atoms with Crippen molar-refractivity contribution in [3.05, 3.63) is 65.4 Å². The highest BCUT2D eigenvalue weighted by atomic mass is 28.3. The minimum Gasteiger partial charge on any atom is -0.497 e. The van der Waals surface area contributed by atoms with Crippen LogP contribution in [0.2, 0.25) is 19.6 Å². The average molecular weight is 490 g/mol. The topological polar surface area (TPSA) is 105 Å². The first kappa shape index (κ1) is 24.9. The van der Waals surface area contributed by atoms with Crippen molar-refractivity contribution in [2.45, 2.75) is 25.7 Å². The number of hydrogen-bond donors (Lipinski definition) is 2. The SMILES string of the molecule is COc1ccc(C(C(=O)Nc2cc(F)c([Si](C)(C)C)c(F)c2)N(C)C(=O)c2cc(O)no2)cc1. The molecule has 2 aromatic carbocycles. The summed E-state index contributed by atoms with van der Waals surface area (Å²) < 4.78 is 39.3. The van der Waals surface area contributed by atoms with Gasteiger partial charge in [-0.2, -0.15) is 0 Å². The van der Waals surface area contributed by atoms with Crippen molar-refractivity contribution in [2.75, 3.05) is 19.5 Å². The Kier molecular flexibility index (Phi) is 7.06. The number of rotatable bonds is 7. The van der Waals surface area contributed by atoms with Gasteiger partial charge in [0.05, 0.1) is 21.3 Å². The van der Waals surface area contributed by atoms with Gasteiger partial charge in [0.25, 0.3) is 17.7 Å². The quantitative estimate of drug-likeness (QED) is 0.491. The third-order valence-electron chi connectivity index (χ3n) is 5.16. The van der Waals surface area contributed by atoms with E-state index in [1.54, 1.807) is 24.3 Å². The molecular formula is C23H25F2N3O5Si. The molecule has 0 aliphatic carbocycles. The molecule has 3 aromatic rings. The molecule has 11 heteroatoms. The van der Waals surface area contributed by atoms with E-state index in [2.05, 4.69) is 10.5 Å². The van der Waals surface area contributed by atoms with Crippen molar-refractivity contribution in [3.63, 3.8) is 0 Å². The highest BCUT2D eigenvalue weighted by molar-refractivity contribution is 6.88. The molecule has 2 N–H and O–H groups in total. The number of likely N-dealkylation sites (N-methyl/N-ethyl adjacent to an activating group) is 1. The monoisotopic (exact) mass is 489 g/mol. The van der Waals surface area contributed by atoms with Gasteiger partial charge in [-0.3, -0.25) is 9.59 Å². The molecule has 0 saturated heterocycles. The number of carbonyl (C=O) groups excluding carboxylic acids is 2. The number of benzene rings is 2. The zero-order valence-corrected chi connectivity index (χ0v) is 20.3. The molecule has 8 nitrogen and oxygen atoms in total. The third-order valence-corrected chi connectivity index (χ3v) is 7.13. The summed E-state index contributed by atoms with van der Waals surface area (Å²) in [5.41, 5.74) is 0.316. The molecule has 0 radical (unpaired) electrons. The Morgan fingerprint density at radius 1 is 1.12 bits per heavy atom.